The molecule has 0 saturated heterocycles. The Labute approximate surface area is 145 Å². The summed E-state index contributed by atoms with van der Waals surface area (Å²) in [6.07, 6.45) is 4.40. The number of fused-ring (bicyclic) bond motifs is 1. The van der Waals surface area contributed by atoms with Gasteiger partial charge in [0.25, 0.3) is 0 Å². The molecule has 4 nitrogen and oxygen atoms in total. The molecule has 1 aliphatic rings. The van der Waals surface area contributed by atoms with E-state index in [1.807, 2.05) is 30.3 Å². The number of esters is 1. The maximum Gasteiger partial charge on any atom is 0.350 e. The van der Waals surface area contributed by atoms with Crippen LogP contribution in [0.4, 0.5) is 5.69 Å². The van der Waals surface area contributed by atoms with Gasteiger partial charge in [0.2, 0.25) is 5.91 Å². The molecule has 3 rings (SSSR count). The summed E-state index contributed by atoms with van der Waals surface area (Å²) < 4.78 is 5.17. The third-order valence-electron chi connectivity index (χ3n) is 4.10. The number of hydrogen-bond acceptors (Lipinski definition) is 4. The average molecular weight is 343 g/mol. The molecule has 0 radical (unpaired) electrons. The smallest absolute Gasteiger partial charge is 0.350 e. The van der Waals surface area contributed by atoms with Crippen LogP contribution in [0, 0.1) is 0 Å². The molecule has 2 aromatic rings. The second kappa shape index (κ2) is 7.62. The fraction of sp³-hybridized carbons (Fsp3) is 0.368. The molecule has 0 bridgehead atoms. The van der Waals surface area contributed by atoms with Crippen LogP contribution in [0.2, 0.25) is 0 Å². The molecule has 1 N–H and O–H groups in total. The first-order chi connectivity index (χ1) is 11.7. The van der Waals surface area contributed by atoms with Gasteiger partial charge in [0.1, 0.15) is 4.88 Å². The van der Waals surface area contributed by atoms with Crippen LogP contribution < -0.4 is 5.32 Å². The molecule has 1 heterocycles. The molecule has 1 amide bonds. The Kier molecular flexibility index (Phi) is 5.30. The fourth-order valence-electron chi connectivity index (χ4n) is 3.00. The highest BCUT2D eigenvalue weighted by molar-refractivity contribution is 7.14. The Morgan fingerprint density at radius 1 is 1.17 bits per heavy atom. The lowest BCUT2D eigenvalue weighted by Gasteiger charge is -2.14. The number of anilines is 1. The molecule has 1 aromatic carbocycles. The summed E-state index contributed by atoms with van der Waals surface area (Å²) in [6, 6.07) is 9.61. The van der Waals surface area contributed by atoms with Crippen molar-refractivity contribution in [1.29, 1.82) is 0 Å². The largest absolute Gasteiger partial charge is 0.462 e. The number of rotatable bonds is 5. The Balaban J connectivity index is 1.84. The Hall–Kier alpha value is -2.14. The van der Waals surface area contributed by atoms with Gasteiger partial charge in [0.15, 0.2) is 0 Å². The zero-order valence-corrected chi connectivity index (χ0v) is 14.6. The highest BCUT2D eigenvalue weighted by Gasteiger charge is 2.26. The lowest BCUT2D eigenvalue weighted by atomic mass is 9.97. The van der Waals surface area contributed by atoms with Crippen molar-refractivity contribution < 1.29 is 14.3 Å². The van der Waals surface area contributed by atoms with E-state index in [1.54, 1.807) is 6.92 Å². The van der Waals surface area contributed by atoms with Crippen LogP contribution in [0.1, 0.15) is 45.4 Å². The molecule has 0 aliphatic heterocycles. The Bertz CT molecular complexity index is 737. The third-order valence-corrected chi connectivity index (χ3v) is 5.38. The zero-order valence-electron chi connectivity index (χ0n) is 13.8. The summed E-state index contributed by atoms with van der Waals surface area (Å²) in [6.45, 7) is 2.12. The number of amides is 1. The molecule has 0 spiro atoms. The maximum absolute atomic E-state index is 12.4. The minimum Gasteiger partial charge on any atom is -0.462 e. The van der Waals surface area contributed by atoms with Crippen molar-refractivity contribution in [2.75, 3.05) is 11.9 Å². The number of thiophene rings is 1. The third kappa shape index (κ3) is 3.67. The Morgan fingerprint density at radius 2 is 1.92 bits per heavy atom. The molecule has 1 aromatic heterocycles. The lowest BCUT2D eigenvalue weighted by molar-refractivity contribution is -0.115. The molecular weight excluding hydrogens is 322 g/mol. The van der Waals surface area contributed by atoms with Crippen molar-refractivity contribution in [3.63, 3.8) is 0 Å². The van der Waals surface area contributed by atoms with Crippen molar-refractivity contribution in [3.05, 3.63) is 51.2 Å². The minimum absolute atomic E-state index is 0.0991. The van der Waals surface area contributed by atoms with E-state index < -0.39 is 0 Å². The standard InChI is InChI=1S/C19H21NO3S/c1-2-23-19(22)18-17(14-10-6-7-11-15(14)24-18)20-16(21)12-13-8-4-3-5-9-13/h3-5,8-9H,2,6-7,10-12H2,1H3,(H,20,21). The van der Waals surface area contributed by atoms with Gasteiger partial charge in [0.05, 0.1) is 18.7 Å². The summed E-state index contributed by atoms with van der Waals surface area (Å²) >= 11 is 1.47. The summed E-state index contributed by atoms with van der Waals surface area (Å²) in [5.41, 5.74) is 2.75. The second-order valence-electron chi connectivity index (χ2n) is 5.85. The fourth-order valence-corrected chi connectivity index (χ4v) is 4.24. The van der Waals surface area contributed by atoms with Gasteiger partial charge in [-0.05, 0) is 43.7 Å². The van der Waals surface area contributed by atoms with E-state index in [0.29, 0.717) is 23.6 Å². The predicted octanol–water partition coefficient (Wildman–Crippen LogP) is 3.98. The van der Waals surface area contributed by atoms with E-state index >= 15 is 0 Å². The number of carbonyl (C=O) groups is 2. The van der Waals surface area contributed by atoms with Crippen molar-refractivity contribution in [2.45, 2.75) is 39.0 Å². The first kappa shape index (κ1) is 16.7. The molecule has 126 valence electrons. The molecule has 5 heteroatoms. The SMILES string of the molecule is CCOC(=O)c1sc2c(c1NC(=O)Cc1ccccc1)CCCC2. The number of ether oxygens (including phenoxy) is 1. The van der Waals surface area contributed by atoms with Gasteiger partial charge in [-0.25, -0.2) is 4.79 Å². The summed E-state index contributed by atoms with van der Waals surface area (Å²) in [7, 11) is 0. The van der Waals surface area contributed by atoms with E-state index in [-0.39, 0.29) is 11.9 Å². The number of carbonyl (C=O) groups excluding carboxylic acids is 2. The van der Waals surface area contributed by atoms with Gasteiger partial charge in [0, 0.05) is 4.88 Å². The van der Waals surface area contributed by atoms with Gasteiger partial charge >= 0.3 is 5.97 Å². The summed E-state index contributed by atoms with van der Waals surface area (Å²) in [5.74, 6) is -0.440. The van der Waals surface area contributed by atoms with Crippen LogP contribution >= 0.6 is 11.3 Å². The Morgan fingerprint density at radius 3 is 2.67 bits per heavy atom. The van der Waals surface area contributed by atoms with E-state index in [9.17, 15) is 9.59 Å². The van der Waals surface area contributed by atoms with Crippen LogP contribution in [0.25, 0.3) is 0 Å². The highest BCUT2D eigenvalue weighted by Crippen LogP contribution is 2.38. The van der Waals surface area contributed by atoms with Gasteiger partial charge in [-0.15, -0.1) is 11.3 Å². The van der Waals surface area contributed by atoms with Crippen molar-refractivity contribution in [3.8, 4) is 0 Å². The van der Waals surface area contributed by atoms with Crippen LogP contribution in [0.3, 0.4) is 0 Å². The predicted molar refractivity (Wildman–Crippen MR) is 95.7 cm³/mol. The number of aryl methyl sites for hydroxylation is 1. The highest BCUT2D eigenvalue weighted by atomic mass is 32.1. The summed E-state index contributed by atoms with van der Waals surface area (Å²) in [4.78, 5) is 26.4. The van der Waals surface area contributed by atoms with Crippen LogP contribution in [-0.2, 0) is 28.8 Å². The van der Waals surface area contributed by atoms with Crippen LogP contribution in [0.15, 0.2) is 30.3 Å². The quantitative estimate of drug-likeness (QED) is 0.835. The normalized spacial score (nSPS) is 13.2. The van der Waals surface area contributed by atoms with Crippen molar-refractivity contribution >= 4 is 28.9 Å². The maximum atomic E-state index is 12.4. The monoisotopic (exact) mass is 343 g/mol. The molecule has 0 saturated carbocycles. The van der Waals surface area contributed by atoms with Gasteiger partial charge in [-0.2, -0.15) is 0 Å². The molecule has 0 fully saturated rings. The van der Waals surface area contributed by atoms with E-state index in [0.717, 1.165) is 36.8 Å². The van der Waals surface area contributed by atoms with Gasteiger partial charge < -0.3 is 10.1 Å². The topological polar surface area (TPSA) is 55.4 Å². The van der Waals surface area contributed by atoms with E-state index in [1.165, 1.54) is 16.2 Å². The average Bonchev–Trinajstić information content (AvgIpc) is 2.95. The number of hydrogen-bond donors (Lipinski definition) is 1. The van der Waals surface area contributed by atoms with E-state index in [2.05, 4.69) is 5.32 Å². The van der Waals surface area contributed by atoms with Crippen LogP contribution in [0.5, 0.6) is 0 Å². The molecule has 0 atom stereocenters. The molecule has 24 heavy (non-hydrogen) atoms. The van der Waals surface area contributed by atoms with E-state index in [4.69, 9.17) is 4.74 Å². The molecule has 1 aliphatic carbocycles. The van der Waals surface area contributed by atoms with Crippen molar-refractivity contribution in [1.82, 2.24) is 0 Å². The number of benzene rings is 1. The van der Waals surface area contributed by atoms with Gasteiger partial charge in [-0.3, -0.25) is 4.79 Å². The lowest BCUT2D eigenvalue weighted by Crippen LogP contribution is -2.18. The zero-order chi connectivity index (χ0) is 16.9. The second-order valence-corrected chi connectivity index (χ2v) is 6.95. The summed E-state index contributed by atoms with van der Waals surface area (Å²) in [5, 5.41) is 2.98. The van der Waals surface area contributed by atoms with Crippen molar-refractivity contribution in [2.24, 2.45) is 0 Å². The molecule has 0 unspecified atom stereocenters. The van der Waals surface area contributed by atoms with Crippen LogP contribution in [-0.4, -0.2) is 18.5 Å². The molecular formula is C19H21NO3S. The minimum atomic E-state index is -0.341. The first-order valence-electron chi connectivity index (χ1n) is 8.34. The number of nitrogens with one attached hydrogen (secondary N) is 1. The first-order valence-corrected chi connectivity index (χ1v) is 9.16. The van der Waals surface area contributed by atoms with Gasteiger partial charge in [-0.1, -0.05) is 30.3 Å².